The molecule has 6 heteroatoms. The summed E-state index contributed by atoms with van der Waals surface area (Å²) in [6.45, 7) is 1.91. The largest absolute Gasteiger partial charge is 0.514 e. The Morgan fingerprint density at radius 3 is 2.35 bits per heavy atom. The lowest BCUT2D eigenvalue weighted by molar-refractivity contribution is -0.384. The summed E-state index contributed by atoms with van der Waals surface area (Å²) in [5, 5.41) is 10.5. The van der Waals surface area contributed by atoms with E-state index in [9.17, 15) is 14.9 Å². The Morgan fingerprint density at radius 1 is 1.20 bits per heavy atom. The molecule has 0 spiro atoms. The smallest absolute Gasteiger partial charge is 0.428 e. The van der Waals surface area contributed by atoms with E-state index in [0.29, 0.717) is 0 Å². The van der Waals surface area contributed by atoms with Crippen LogP contribution >= 0.6 is 0 Å². The maximum Gasteiger partial charge on any atom is 0.514 e. The summed E-state index contributed by atoms with van der Waals surface area (Å²) in [5.74, 6) is 0.236. The van der Waals surface area contributed by atoms with Gasteiger partial charge in [-0.05, 0) is 44.7 Å². The highest BCUT2D eigenvalue weighted by molar-refractivity contribution is 5.64. The maximum atomic E-state index is 11.7. The average Bonchev–Trinajstić information content (AvgIpc) is 2.39. The van der Waals surface area contributed by atoms with Crippen LogP contribution in [0.2, 0.25) is 0 Å². The van der Waals surface area contributed by atoms with E-state index in [1.807, 2.05) is 6.92 Å². The standard InChI is InChI=1S/C14H17NO5/c1-14(9-3-2-4-10-14)20-13(16)19-12-7-5-11(6-8-12)15(17)18/h5-8H,2-4,9-10H2,1H3. The molecule has 0 aliphatic heterocycles. The molecule has 6 nitrogen and oxygen atoms in total. The molecule has 0 heterocycles. The summed E-state index contributed by atoms with van der Waals surface area (Å²) in [5.41, 5.74) is -0.513. The normalized spacial score (nSPS) is 17.2. The van der Waals surface area contributed by atoms with Crippen molar-refractivity contribution < 1.29 is 19.2 Å². The number of benzene rings is 1. The Morgan fingerprint density at radius 2 is 1.80 bits per heavy atom. The van der Waals surface area contributed by atoms with Gasteiger partial charge in [0.2, 0.25) is 0 Å². The minimum absolute atomic E-state index is 0.0510. The summed E-state index contributed by atoms with van der Waals surface area (Å²) in [4.78, 5) is 21.7. The minimum atomic E-state index is -0.761. The molecule has 0 N–H and O–H groups in total. The monoisotopic (exact) mass is 279 g/mol. The van der Waals surface area contributed by atoms with E-state index in [4.69, 9.17) is 9.47 Å². The molecule has 1 aliphatic carbocycles. The molecular weight excluding hydrogens is 262 g/mol. The van der Waals surface area contributed by atoms with Gasteiger partial charge in [0, 0.05) is 12.1 Å². The van der Waals surface area contributed by atoms with Crippen LogP contribution in [0.1, 0.15) is 39.0 Å². The molecule has 0 saturated heterocycles. The highest BCUT2D eigenvalue weighted by Crippen LogP contribution is 2.31. The molecule has 1 aromatic carbocycles. The van der Waals surface area contributed by atoms with Crippen LogP contribution in [0.25, 0.3) is 0 Å². The van der Waals surface area contributed by atoms with Crippen molar-refractivity contribution in [1.29, 1.82) is 0 Å². The third-order valence-electron chi connectivity index (χ3n) is 3.49. The van der Waals surface area contributed by atoms with E-state index in [0.717, 1.165) is 32.1 Å². The van der Waals surface area contributed by atoms with Gasteiger partial charge in [-0.25, -0.2) is 4.79 Å². The molecule has 0 unspecified atom stereocenters. The number of hydrogen-bond donors (Lipinski definition) is 0. The Hall–Kier alpha value is -2.11. The van der Waals surface area contributed by atoms with Crippen LogP contribution in [0.15, 0.2) is 24.3 Å². The number of nitro benzene ring substituents is 1. The van der Waals surface area contributed by atoms with E-state index in [2.05, 4.69) is 0 Å². The van der Waals surface area contributed by atoms with Crippen molar-refractivity contribution in [2.45, 2.75) is 44.6 Å². The van der Waals surface area contributed by atoms with Crippen LogP contribution in [0.5, 0.6) is 5.75 Å². The van der Waals surface area contributed by atoms with Gasteiger partial charge in [0.25, 0.3) is 5.69 Å². The molecule has 1 fully saturated rings. The van der Waals surface area contributed by atoms with Crippen LogP contribution in [0, 0.1) is 10.1 Å². The highest BCUT2D eigenvalue weighted by atomic mass is 16.7. The molecule has 1 aliphatic rings. The lowest BCUT2D eigenvalue weighted by Gasteiger charge is -2.32. The molecule has 2 rings (SSSR count). The molecule has 20 heavy (non-hydrogen) atoms. The zero-order valence-electron chi connectivity index (χ0n) is 11.3. The number of non-ortho nitro benzene ring substituents is 1. The Kier molecular flexibility index (Phi) is 4.22. The average molecular weight is 279 g/mol. The second-order valence-electron chi connectivity index (χ2n) is 5.22. The van der Waals surface area contributed by atoms with Gasteiger partial charge in [0.1, 0.15) is 11.4 Å². The Balaban J connectivity index is 1.92. The fourth-order valence-corrected chi connectivity index (χ4v) is 2.36. The van der Waals surface area contributed by atoms with Crippen molar-refractivity contribution in [3.8, 4) is 5.75 Å². The fourth-order valence-electron chi connectivity index (χ4n) is 2.36. The SMILES string of the molecule is CC1(OC(=O)Oc2ccc([N+](=O)[O-])cc2)CCCCC1. The minimum Gasteiger partial charge on any atom is -0.428 e. The Bertz CT molecular complexity index is 491. The van der Waals surface area contributed by atoms with Crippen molar-refractivity contribution in [2.75, 3.05) is 0 Å². The molecule has 0 bridgehead atoms. The lowest BCUT2D eigenvalue weighted by Crippen LogP contribution is -2.35. The highest BCUT2D eigenvalue weighted by Gasteiger charge is 2.31. The summed E-state index contributed by atoms with van der Waals surface area (Å²) in [7, 11) is 0. The van der Waals surface area contributed by atoms with Crippen LogP contribution in [-0.4, -0.2) is 16.7 Å². The number of ether oxygens (including phenoxy) is 2. The van der Waals surface area contributed by atoms with Gasteiger partial charge in [0.15, 0.2) is 0 Å². The Labute approximate surface area is 116 Å². The van der Waals surface area contributed by atoms with Crippen molar-refractivity contribution in [1.82, 2.24) is 0 Å². The number of hydrogen-bond acceptors (Lipinski definition) is 5. The molecule has 1 saturated carbocycles. The molecule has 0 radical (unpaired) electrons. The second kappa shape index (κ2) is 5.90. The molecule has 108 valence electrons. The topological polar surface area (TPSA) is 78.7 Å². The van der Waals surface area contributed by atoms with E-state index in [-0.39, 0.29) is 11.4 Å². The van der Waals surface area contributed by atoms with Crippen molar-refractivity contribution in [2.24, 2.45) is 0 Å². The number of nitro groups is 1. The van der Waals surface area contributed by atoms with Crippen molar-refractivity contribution in [3.63, 3.8) is 0 Å². The van der Waals surface area contributed by atoms with E-state index < -0.39 is 16.7 Å². The van der Waals surface area contributed by atoms with Crippen molar-refractivity contribution in [3.05, 3.63) is 34.4 Å². The summed E-state index contributed by atoms with van der Waals surface area (Å²) in [6.07, 6.45) is 4.16. The van der Waals surface area contributed by atoms with E-state index in [1.54, 1.807) is 0 Å². The van der Waals surface area contributed by atoms with Crippen LogP contribution < -0.4 is 4.74 Å². The lowest BCUT2D eigenvalue weighted by atomic mass is 9.86. The first-order chi connectivity index (χ1) is 9.48. The molecular formula is C14H17NO5. The van der Waals surface area contributed by atoms with Crippen LogP contribution in [0.3, 0.4) is 0 Å². The predicted molar refractivity (Wildman–Crippen MR) is 71.7 cm³/mol. The molecule has 0 aromatic heterocycles. The van der Waals surface area contributed by atoms with Gasteiger partial charge in [-0.3, -0.25) is 10.1 Å². The molecule has 1 aromatic rings. The number of carbonyl (C=O) groups excluding carboxylic acids is 1. The molecule has 0 amide bonds. The number of rotatable bonds is 3. The van der Waals surface area contributed by atoms with Gasteiger partial charge in [-0.1, -0.05) is 6.42 Å². The fraction of sp³-hybridized carbons (Fsp3) is 0.500. The quantitative estimate of drug-likeness (QED) is 0.363. The van der Waals surface area contributed by atoms with Crippen molar-refractivity contribution >= 4 is 11.8 Å². The maximum absolute atomic E-state index is 11.7. The van der Waals surface area contributed by atoms with Crippen LogP contribution in [0.4, 0.5) is 10.5 Å². The molecule has 0 atom stereocenters. The van der Waals surface area contributed by atoms with Gasteiger partial charge in [-0.2, -0.15) is 0 Å². The van der Waals surface area contributed by atoms with E-state index in [1.165, 1.54) is 24.3 Å². The third kappa shape index (κ3) is 3.69. The summed E-state index contributed by atoms with van der Waals surface area (Å²) in [6, 6.07) is 5.32. The van der Waals surface area contributed by atoms with Gasteiger partial charge in [0.05, 0.1) is 4.92 Å². The first-order valence-electron chi connectivity index (χ1n) is 6.64. The predicted octanol–water partition coefficient (Wildman–Crippen LogP) is 3.83. The third-order valence-corrected chi connectivity index (χ3v) is 3.49. The first-order valence-corrected chi connectivity index (χ1v) is 6.64. The van der Waals surface area contributed by atoms with Gasteiger partial charge < -0.3 is 9.47 Å². The van der Waals surface area contributed by atoms with Gasteiger partial charge in [-0.15, -0.1) is 0 Å². The first kappa shape index (κ1) is 14.3. The second-order valence-corrected chi connectivity index (χ2v) is 5.22. The number of nitrogens with zero attached hydrogens (tertiary/aromatic N) is 1. The summed E-state index contributed by atoms with van der Waals surface area (Å²) >= 11 is 0. The van der Waals surface area contributed by atoms with E-state index >= 15 is 0 Å². The zero-order valence-corrected chi connectivity index (χ0v) is 11.3. The van der Waals surface area contributed by atoms with Crippen LogP contribution in [-0.2, 0) is 4.74 Å². The summed E-state index contributed by atoms with van der Waals surface area (Å²) < 4.78 is 10.4. The number of carbonyl (C=O) groups is 1. The zero-order chi connectivity index (χ0) is 14.6. The van der Waals surface area contributed by atoms with Gasteiger partial charge >= 0.3 is 6.16 Å².